The molecular formula is C13H20FN3O. The van der Waals surface area contributed by atoms with Gasteiger partial charge in [0.25, 0.3) is 5.91 Å². The second-order valence-corrected chi connectivity index (χ2v) is 4.87. The fraction of sp³-hybridized carbons (Fsp3) is 0.462. The molecule has 1 amide bonds. The number of carbonyl (C=O) groups is 1. The van der Waals surface area contributed by atoms with Gasteiger partial charge in [-0.2, -0.15) is 0 Å². The van der Waals surface area contributed by atoms with Crippen molar-refractivity contribution in [2.45, 2.75) is 20.4 Å². The van der Waals surface area contributed by atoms with E-state index in [1.165, 1.54) is 18.2 Å². The van der Waals surface area contributed by atoms with Crippen molar-refractivity contribution in [2.24, 2.45) is 11.8 Å². The zero-order valence-electron chi connectivity index (χ0n) is 11.0. The summed E-state index contributed by atoms with van der Waals surface area (Å²) in [5.74, 6) is 4.84. The topological polar surface area (TPSA) is 58.4 Å². The molecule has 0 aromatic heterocycles. The molecule has 1 aromatic rings. The van der Waals surface area contributed by atoms with Gasteiger partial charge in [0.1, 0.15) is 5.82 Å². The fourth-order valence-corrected chi connectivity index (χ4v) is 1.90. The first-order chi connectivity index (χ1) is 8.43. The molecule has 5 heteroatoms. The van der Waals surface area contributed by atoms with E-state index in [0.29, 0.717) is 23.6 Å². The average Bonchev–Trinajstić information content (AvgIpc) is 2.30. The third-order valence-corrected chi connectivity index (χ3v) is 2.56. The van der Waals surface area contributed by atoms with Crippen LogP contribution < -0.4 is 11.3 Å². The molecule has 0 aliphatic heterocycles. The summed E-state index contributed by atoms with van der Waals surface area (Å²) in [7, 11) is 1.93. The molecule has 0 spiro atoms. The van der Waals surface area contributed by atoms with Crippen molar-refractivity contribution in [2.75, 3.05) is 13.6 Å². The number of nitrogens with one attached hydrogen (secondary N) is 1. The van der Waals surface area contributed by atoms with Gasteiger partial charge in [0.15, 0.2) is 0 Å². The van der Waals surface area contributed by atoms with Crippen LogP contribution in [0.1, 0.15) is 29.8 Å². The molecule has 0 bridgehead atoms. The third-order valence-electron chi connectivity index (χ3n) is 2.56. The zero-order valence-corrected chi connectivity index (χ0v) is 11.0. The minimum Gasteiger partial charge on any atom is -0.302 e. The number of halogens is 1. The van der Waals surface area contributed by atoms with Gasteiger partial charge in [-0.1, -0.05) is 13.8 Å². The Hall–Kier alpha value is -1.46. The first-order valence-corrected chi connectivity index (χ1v) is 5.92. The zero-order chi connectivity index (χ0) is 13.7. The van der Waals surface area contributed by atoms with E-state index in [4.69, 9.17) is 5.84 Å². The molecule has 100 valence electrons. The number of nitrogen functional groups attached to an aromatic ring is 1. The van der Waals surface area contributed by atoms with E-state index < -0.39 is 5.91 Å². The molecule has 18 heavy (non-hydrogen) atoms. The van der Waals surface area contributed by atoms with Crippen LogP contribution in [0, 0.1) is 11.7 Å². The van der Waals surface area contributed by atoms with Crippen LogP contribution in [-0.2, 0) is 6.54 Å². The van der Waals surface area contributed by atoms with Crippen molar-refractivity contribution in [3.8, 4) is 0 Å². The molecule has 3 N–H and O–H groups in total. The quantitative estimate of drug-likeness (QED) is 0.475. The van der Waals surface area contributed by atoms with Crippen molar-refractivity contribution in [3.63, 3.8) is 0 Å². The molecule has 0 saturated heterocycles. The van der Waals surface area contributed by atoms with Crippen LogP contribution in [-0.4, -0.2) is 24.4 Å². The largest absolute Gasteiger partial charge is 0.302 e. The Labute approximate surface area is 107 Å². The Balaban J connectivity index is 2.84. The summed E-state index contributed by atoms with van der Waals surface area (Å²) in [6.45, 7) is 5.54. The van der Waals surface area contributed by atoms with E-state index in [2.05, 4.69) is 13.8 Å². The predicted octanol–water partition coefficient (Wildman–Crippen LogP) is 1.52. The summed E-state index contributed by atoms with van der Waals surface area (Å²) in [6, 6.07) is 4.25. The smallest absolute Gasteiger partial charge is 0.265 e. The van der Waals surface area contributed by atoms with Gasteiger partial charge in [-0.05, 0) is 31.2 Å². The van der Waals surface area contributed by atoms with Crippen molar-refractivity contribution in [1.29, 1.82) is 0 Å². The molecule has 0 fully saturated rings. The maximum absolute atomic E-state index is 13.6. The molecule has 1 rings (SSSR count). The highest BCUT2D eigenvalue weighted by molar-refractivity contribution is 5.93. The highest BCUT2D eigenvalue weighted by Crippen LogP contribution is 2.13. The maximum atomic E-state index is 13.6. The second kappa shape index (κ2) is 6.47. The normalized spacial score (nSPS) is 11.1. The first-order valence-electron chi connectivity index (χ1n) is 5.92. The molecule has 0 atom stereocenters. The lowest BCUT2D eigenvalue weighted by atomic mass is 10.1. The number of nitrogens with zero attached hydrogens (tertiary/aromatic N) is 1. The van der Waals surface area contributed by atoms with Crippen LogP contribution in [0.2, 0.25) is 0 Å². The first kappa shape index (κ1) is 14.6. The van der Waals surface area contributed by atoms with Crippen molar-refractivity contribution in [1.82, 2.24) is 10.3 Å². The Bertz CT molecular complexity index is 421. The van der Waals surface area contributed by atoms with Gasteiger partial charge < -0.3 is 4.90 Å². The molecule has 0 unspecified atom stereocenters. The van der Waals surface area contributed by atoms with E-state index in [9.17, 15) is 9.18 Å². The number of amides is 1. The minimum absolute atomic E-state index is 0.306. The van der Waals surface area contributed by atoms with Gasteiger partial charge in [0, 0.05) is 24.2 Å². The highest BCUT2D eigenvalue weighted by atomic mass is 19.1. The molecule has 0 saturated carbocycles. The Kier molecular flexibility index (Phi) is 5.25. The Morgan fingerprint density at radius 3 is 2.72 bits per heavy atom. The predicted molar refractivity (Wildman–Crippen MR) is 69.2 cm³/mol. The lowest BCUT2D eigenvalue weighted by Crippen LogP contribution is -2.30. The van der Waals surface area contributed by atoms with Crippen LogP contribution in [0.5, 0.6) is 0 Å². The number of hydrazine groups is 1. The lowest BCUT2D eigenvalue weighted by Gasteiger charge is -2.19. The van der Waals surface area contributed by atoms with Gasteiger partial charge in [0.2, 0.25) is 0 Å². The van der Waals surface area contributed by atoms with Crippen molar-refractivity contribution in [3.05, 3.63) is 35.1 Å². The Morgan fingerprint density at radius 1 is 1.50 bits per heavy atom. The summed E-state index contributed by atoms with van der Waals surface area (Å²) >= 11 is 0. The van der Waals surface area contributed by atoms with Crippen LogP contribution in [0.25, 0.3) is 0 Å². The number of hydrogen-bond donors (Lipinski definition) is 2. The summed E-state index contributed by atoms with van der Waals surface area (Å²) in [4.78, 5) is 13.4. The lowest BCUT2D eigenvalue weighted by molar-refractivity contribution is 0.0953. The Morgan fingerprint density at radius 2 is 2.17 bits per heavy atom. The SMILES string of the molecule is CC(C)CN(C)Cc1cc(C(=O)NN)ccc1F. The molecule has 0 heterocycles. The third kappa shape index (κ3) is 4.09. The molecular weight excluding hydrogens is 233 g/mol. The van der Waals surface area contributed by atoms with Crippen LogP contribution in [0.4, 0.5) is 4.39 Å². The van der Waals surface area contributed by atoms with Crippen LogP contribution >= 0.6 is 0 Å². The number of hydrogen-bond acceptors (Lipinski definition) is 3. The highest BCUT2D eigenvalue weighted by Gasteiger charge is 2.11. The van der Waals surface area contributed by atoms with Gasteiger partial charge in [-0.25, -0.2) is 10.2 Å². The van der Waals surface area contributed by atoms with Gasteiger partial charge >= 0.3 is 0 Å². The summed E-state index contributed by atoms with van der Waals surface area (Å²) in [6.07, 6.45) is 0. The molecule has 0 aliphatic carbocycles. The minimum atomic E-state index is -0.414. The average molecular weight is 253 g/mol. The van der Waals surface area contributed by atoms with Crippen LogP contribution in [0.3, 0.4) is 0 Å². The second-order valence-electron chi connectivity index (χ2n) is 4.87. The summed E-state index contributed by atoms with van der Waals surface area (Å²) in [5.41, 5.74) is 2.91. The molecule has 4 nitrogen and oxygen atoms in total. The van der Waals surface area contributed by atoms with E-state index in [-0.39, 0.29) is 5.82 Å². The standard InChI is InChI=1S/C13H20FN3O/c1-9(2)7-17(3)8-11-6-10(13(18)16-15)4-5-12(11)14/h4-6,9H,7-8,15H2,1-3H3,(H,16,18). The molecule has 1 aromatic carbocycles. The number of nitrogens with two attached hydrogens (primary N) is 1. The number of rotatable bonds is 5. The van der Waals surface area contributed by atoms with Crippen LogP contribution in [0.15, 0.2) is 18.2 Å². The monoisotopic (exact) mass is 253 g/mol. The maximum Gasteiger partial charge on any atom is 0.265 e. The summed E-state index contributed by atoms with van der Waals surface area (Å²) < 4.78 is 13.6. The number of carbonyl (C=O) groups excluding carboxylic acids is 1. The van der Waals surface area contributed by atoms with Crippen molar-refractivity contribution < 1.29 is 9.18 Å². The van der Waals surface area contributed by atoms with Crippen molar-refractivity contribution >= 4 is 5.91 Å². The van der Waals surface area contributed by atoms with Gasteiger partial charge in [0.05, 0.1) is 0 Å². The fourth-order valence-electron chi connectivity index (χ4n) is 1.90. The molecule has 0 radical (unpaired) electrons. The number of benzene rings is 1. The van der Waals surface area contributed by atoms with E-state index >= 15 is 0 Å². The van der Waals surface area contributed by atoms with Gasteiger partial charge in [-0.3, -0.25) is 10.2 Å². The van der Waals surface area contributed by atoms with E-state index in [1.54, 1.807) is 0 Å². The van der Waals surface area contributed by atoms with E-state index in [0.717, 1.165) is 6.54 Å². The molecule has 0 aliphatic rings. The van der Waals surface area contributed by atoms with Gasteiger partial charge in [-0.15, -0.1) is 0 Å². The van der Waals surface area contributed by atoms with E-state index in [1.807, 2.05) is 17.4 Å². The summed E-state index contributed by atoms with van der Waals surface area (Å²) in [5, 5.41) is 0.